The van der Waals surface area contributed by atoms with Crippen LogP contribution in [0.5, 0.6) is 0 Å². The third-order valence-corrected chi connectivity index (χ3v) is 7.94. The van der Waals surface area contributed by atoms with Gasteiger partial charge in [-0.2, -0.15) is 4.31 Å². The van der Waals surface area contributed by atoms with Gasteiger partial charge in [0.25, 0.3) is 0 Å². The van der Waals surface area contributed by atoms with E-state index in [-0.39, 0.29) is 10.6 Å². The molecule has 0 bridgehead atoms. The Morgan fingerprint density at radius 3 is 2.59 bits per heavy atom. The fourth-order valence-corrected chi connectivity index (χ4v) is 5.63. The van der Waals surface area contributed by atoms with Gasteiger partial charge >= 0.3 is 0 Å². The van der Waals surface area contributed by atoms with Gasteiger partial charge in [-0.1, -0.05) is 47.6 Å². The van der Waals surface area contributed by atoms with Crippen LogP contribution in [-0.4, -0.2) is 65.5 Å². The highest BCUT2D eigenvalue weighted by Gasteiger charge is 2.27. The summed E-state index contributed by atoms with van der Waals surface area (Å²) in [5, 5.41) is 9.33. The highest BCUT2D eigenvalue weighted by molar-refractivity contribution is 7.99. The summed E-state index contributed by atoms with van der Waals surface area (Å²) < 4.78 is 34.6. The van der Waals surface area contributed by atoms with Crippen LogP contribution in [0.1, 0.15) is 0 Å². The Kier molecular flexibility index (Phi) is 6.82. The van der Waals surface area contributed by atoms with Gasteiger partial charge in [0, 0.05) is 18.7 Å². The molecule has 1 saturated heterocycles. The number of hydrogen-bond donors (Lipinski definition) is 1. The smallest absolute Gasteiger partial charge is 0.243 e. The molecule has 1 aliphatic heterocycles. The molecule has 168 valence electrons. The summed E-state index contributed by atoms with van der Waals surface area (Å²) in [6.07, 6.45) is 0. The molecule has 0 atom stereocenters. The molecule has 1 fully saturated rings. The van der Waals surface area contributed by atoms with Crippen LogP contribution in [0.3, 0.4) is 0 Å². The Morgan fingerprint density at radius 2 is 1.88 bits per heavy atom. The van der Waals surface area contributed by atoms with Gasteiger partial charge < -0.3 is 10.5 Å². The van der Waals surface area contributed by atoms with E-state index >= 15 is 0 Å². The van der Waals surface area contributed by atoms with Crippen molar-refractivity contribution in [1.29, 1.82) is 0 Å². The van der Waals surface area contributed by atoms with Crippen LogP contribution in [0, 0.1) is 0 Å². The van der Waals surface area contributed by atoms with Crippen LogP contribution in [0.4, 0.5) is 0 Å². The summed E-state index contributed by atoms with van der Waals surface area (Å²) in [6.45, 7) is 1.33. The van der Waals surface area contributed by atoms with Crippen molar-refractivity contribution < 1.29 is 17.9 Å². The van der Waals surface area contributed by atoms with Gasteiger partial charge in [0.1, 0.15) is 0 Å². The van der Waals surface area contributed by atoms with E-state index in [1.54, 1.807) is 47.0 Å². The minimum absolute atomic E-state index is 0.00797. The minimum Gasteiger partial charge on any atom is -0.379 e. The first-order chi connectivity index (χ1) is 15.4. The van der Waals surface area contributed by atoms with Gasteiger partial charge in [-0.3, -0.25) is 9.36 Å². The number of nitrogens with two attached hydrogens (primary N) is 1. The lowest BCUT2D eigenvalue weighted by atomic mass is 10.2. The minimum atomic E-state index is -3.69. The van der Waals surface area contributed by atoms with Crippen molar-refractivity contribution in [2.24, 2.45) is 5.73 Å². The molecule has 1 amide bonds. The van der Waals surface area contributed by atoms with Crippen LogP contribution in [0.2, 0.25) is 5.02 Å². The Morgan fingerprint density at radius 1 is 1.12 bits per heavy atom. The topological polar surface area (TPSA) is 120 Å². The second-order valence-electron chi connectivity index (χ2n) is 6.89. The molecule has 1 aliphatic rings. The van der Waals surface area contributed by atoms with Crippen LogP contribution in [-0.2, 0) is 19.6 Å². The van der Waals surface area contributed by atoms with E-state index in [0.717, 1.165) is 11.8 Å². The molecule has 9 nitrogen and oxygen atoms in total. The molecule has 0 aliphatic carbocycles. The monoisotopic (exact) mass is 493 g/mol. The van der Waals surface area contributed by atoms with E-state index in [4.69, 9.17) is 22.1 Å². The first-order valence-electron chi connectivity index (χ1n) is 9.67. The number of benzene rings is 2. The third kappa shape index (κ3) is 4.66. The Hall–Kier alpha value is -2.44. The number of nitrogens with zero attached hydrogens (tertiary/aromatic N) is 4. The summed E-state index contributed by atoms with van der Waals surface area (Å²) >= 11 is 7.55. The molecular weight excluding hydrogens is 474 g/mol. The number of para-hydroxylation sites is 1. The number of amides is 1. The maximum atomic E-state index is 13.1. The van der Waals surface area contributed by atoms with Gasteiger partial charge in [0.15, 0.2) is 11.0 Å². The highest BCUT2D eigenvalue weighted by atomic mass is 35.5. The predicted octanol–water partition coefficient (Wildman–Crippen LogP) is 2.19. The van der Waals surface area contributed by atoms with Crippen molar-refractivity contribution in [2.45, 2.75) is 10.1 Å². The van der Waals surface area contributed by atoms with Crippen LogP contribution in [0.15, 0.2) is 58.6 Å². The zero-order valence-electron chi connectivity index (χ0n) is 16.8. The molecule has 0 spiro atoms. The predicted molar refractivity (Wildman–Crippen MR) is 121 cm³/mol. The normalized spacial score (nSPS) is 15.0. The van der Waals surface area contributed by atoms with Crippen molar-refractivity contribution in [3.05, 3.63) is 53.6 Å². The molecule has 2 aromatic carbocycles. The van der Waals surface area contributed by atoms with Crippen molar-refractivity contribution in [3.63, 3.8) is 0 Å². The van der Waals surface area contributed by atoms with E-state index in [1.165, 1.54) is 4.31 Å². The largest absolute Gasteiger partial charge is 0.379 e. The molecule has 2 N–H and O–H groups in total. The lowest BCUT2D eigenvalue weighted by molar-refractivity contribution is -0.115. The lowest BCUT2D eigenvalue weighted by Gasteiger charge is -2.26. The Labute approximate surface area is 194 Å². The third-order valence-electron chi connectivity index (χ3n) is 4.77. The molecule has 12 heteroatoms. The number of halogens is 1. The molecule has 1 aromatic heterocycles. The number of hydrogen-bond acceptors (Lipinski definition) is 7. The van der Waals surface area contributed by atoms with Gasteiger partial charge in [0.05, 0.1) is 34.6 Å². The Balaban J connectivity index is 1.79. The second-order valence-corrected chi connectivity index (χ2v) is 10.2. The summed E-state index contributed by atoms with van der Waals surface area (Å²) in [7, 11) is -3.69. The molecule has 32 heavy (non-hydrogen) atoms. The number of carbonyl (C=O) groups is 1. The average molecular weight is 494 g/mol. The highest BCUT2D eigenvalue weighted by Crippen LogP contribution is 2.32. The van der Waals surface area contributed by atoms with Gasteiger partial charge in [0.2, 0.25) is 15.9 Å². The maximum Gasteiger partial charge on any atom is 0.243 e. The molecule has 3 aromatic rings. The van der Waals surface area contributed by atoms with Crippen molar-refractivity contribution in [3.8, 4) is 17.1 Å². The number of thioether (sulfide) groups is 1. The summed E-state index contributed by atoms with van der Waals surface area (Å²) in [5.74, 6) is -0.0958. The van der Waals surface area contributed by atoms with E-state index in [1.807, 2.05) is 6.07 Å². The summed E-state index contributed by atoms with van der Waals surface area (Å²) in [5.41, 5.74) is 6.43. The SMILES string of the molecule is NC(=O)CSc1nnc(-c2cccc(S(=O)(=O)N3CCOCC3)c2)n1-c1ccccc1Cl. The first kappa shape index (κ1) is 22.7. The molecule has 2 heterocycles. The number of rotatable bonds is 7. The Bertz CT molecular complexity index is 1240. The van der Waals surface area contributed by atoms with Crippen LogP contribution >= 0.6 is 23.4 Å². The van der Waals surface area contributed by atoms with E-state index in [0.29, 0.717) is 53.6 Å². The standard InChI is InChI=1S/C20H20ClN5O4S2/c21-16-6-1-2-7-17(16)26-19(23-24-20(26)31-13-18(22)27)14-4-3-5-15(12-14)32(28,29)25-8-10-30-11-9-25/h1-7,12H,8-11,13H2,(H2,22,27). The molecule has 0 radical (unpaired) electrons. The van der Waals surface area contributed by atoms with Gasteiger partial charge in [-0.25, -0.2) is 8.42 Å². The molecule has 0 saturated carbocycles. The first-order valence-corrected chi connectivity index (χ1v) is 12.5. The zero-order chi connectivity index (χ0) is 22.7. The number of morpholine rings is 1. The lowest BCUT2D eigenvalue weighted by Crippen LogP contribution is -2.40. The van der Waals surface area contributed by atoms with E-state index in [2.05, 4.69) is 10.2 Å². The quantitative estimate of drug-likeness (QED) is 0.501. The molecule has 0 unspecified atom stereocenters. The van der Waals surface area contributed by atoms with Gasteiger partial charge in [-0.05, 0) is 24.3 Å². The number of carbonyl (C=O) groups excluding carboxylic acids is 1. The maximum absolute atomic E-state index is 13.1. The fourth-order valence-electron chi connectivity index (χ4n) is 3.27. The summed E-state index contributed by atoms with van der Waals surface area (Å²) in [4.78, 5) is 11.5. The van der Waals surface area contributed by atoms with E-state index < -0.39 is 15.9 Å². The van der Waals surface area contributed by atoms with Crippen molar-refractivity contribution in [2.75, 3.05) is 32.1 Å². The van der Waals surface area contributed by atoms with Crippen LogP contribution in [0.25, 0.3) is 17.1 Å². The van der Waals surface area contributed by atoms with E-state index in [9.17, 15) is 13.2 Å². The zero-order valence-corrected chi connectivity index (χ0v) is 19.2. The average Bonchev–Trinajstić information content (AvgIpc) is 3.22. The molecular formula is C20H20ClN5O4S2. The second kappa shape index (κ2) is 9.59. The summed E-state index contributed by atoms with van der Waals surface area (Å²) in [6, 6.07) is 13.6. The van der Waals surface area contributed by atoms with Gasteiger partial charge in [-0.15, -0.1) is 10.2 Å². The fraction of sp³-hybridized carbons (Fsp3) is 0.250. The number of ether oxygens (including phenoxy) is 1. The molecule has 4 rings (SSSR count). The number of aromatic nitrogens is 3. The number of sulfonamides is 1. The number of primary amides is 1. The van der Waals surface area contributed by atoms with Crippen LogP contribution < -0.4 is 5.73 Å². The van der Waals surface area contributed by atoms with Crippen molar-refractivity contribution in [1.82, 2.24) is 19.1 Å². The van der Waals surface area contributed by atoms with Crippen molar-refractivity contribution >= 4 is 39.3 Å².